The Morgan fingerprint density at radius 1 is 1.25 bits per heavy atom. The molecule has 0 atom stereocenters. The quantitative estimate of drug-likeness (QED) is 0.234. The first-order valence-electron chi connectivity index (χ1n) is 6.54. The van der Waals surface area contributed by atoms with Gasteiger partial charge in [0.15, 0.2) is 5.84 Å². The Morgan fingerprint density at radius 3 is 2.55 bits per heavy atom. The van der Waals surface area contributed by atoms with Gasteiger partial charge in [0.1, 0.15) is 0 Å². The van der Waals surface area contributed by atoms with Crippen LogP contribution in [0.1, 0.15) is 12.0 Å². The molecule has 0 unspecified atom stereocenters. The Labute approximate surface area is 119 Å². The smallest absolute Gasteiger partial charge is 0.170 e. The van der Waals surface area contributed by atoms with E-state index in [1.165, 1.54) is 0 Å². The molecule has 0 fully saturated rings. The molecule has 0 radical (unpaired) electrons. The molecule has 0 amide bonds. The maximum Gasteiger partial charge on any atom is 0.170 e. The van der Waals surface area contributed by atoms with Gasteiger partial charge in [0, 0.05) is 45.2 Å². The van der Waals surface area contributed by atoms with Crippen LogP contribution in [-0.4, -0.2) is 51.6 Å². The van der Waals surface area contributed by atoms with Crippen molar-refractivity contribution in [3.8, 4) is 0 Å². The van der Waals surface area contributed by atoms with Crippen molar-refractivity contribution in [1.29, 1.82) is 0 Å². The van der Waals surface area contributed by atoms with Crippen molar-refractivity contribution < 1.29 is 14.7 Å². The number of rotatable bonds is 9. The summed E-state index contributed by atoms with van der Waals surface area (Å²) in [4.78, 5) is 2.09. The van der Waals surface area contributed by atoms with Crippen LogP contribution < -0.4 is 10.6 Å². The summed E-state index contributed by atoms with van der Waals surface area (Å²) in [6.45, 7) is 2.91. The number of oxime groups is 1. The van der Waals surface area contributed by atoms with E-state index in [1.54, 1.807) is 7.11 Å². The molecule has 0 aromatic heterocycles. The van der Waals surface area contributed by atoms with Crippen LogP contribution in [0.4, 0.5) is 5.69 Å². The van der Waals surface area contributed by atoms with E-state index in [1.807, 2.05) is 31.3 Å². The summed E-state index contributed by atoms with van der Waals surface area (Å²) in [7, 11) is 3.68. The van der Waals surface area contributed by atoms with Gasteiger partial charge in [-0.2, -0.15) is 0 Å². The van der Waals surface area contributed by atoms with Gasteiger partial charge in [0.25, 0.3) is 0 Å². The molecule has 3 N–H and O–H groups in total. The van der Waals surface area contributed by atoms with Gasteiger partial charge in [-0.25, -0.2) is 0 Å². The monoisotopic (exact) mass is 281 g/mol. The molecule has 0 aliphatic rings. The summed E-state index contributed by atoms with van der Waals surface area (Å²) >= 11 is 0. The summed E-state index contributed by atoms with van der Waals surface area (Å²) in [5.74, 6) is 0.112. The lowest BCUT2D eigenvalue weighted by Gasteiger charge is -2.19. The number of hydrogen-bond acceptors (Lipinski definition) is 5. The Kier molecular flexibility index (Phi) is 7.46. The fraction of sp³-hybridized carbons (Fsp3) is 0.500. The third-order valence-corrected chi connectivity index (χ3v) is 2.92. The largest absolute Gasteiger partial charge is 0.409 e. The van der Waals surface area contributed by atoms with Crippen LogP contribution in [0.25, 0.3) is 0 Å². The predicted octanol–water partition coefficient (Wildman–Crippen LogP) is 1.27. The van der Waals surface area contributed by atoms with Crippen LogP contribution in [-0.2, 0) is 9.47 Å². The number of hydrogen-bond donors (Lipinski definition) is 2. The third-order valence-electron chi connectivity index (χ3n) is 2.92. The van der Waals surface area contributed by atoms with Crippen LogP contribution >= 0.6 is 0 Å². The molecule has 0 saturated carbocycles. The van der Waals surface area contributed by atoms with Crippen LogP contribution in [0, 0.1) is 0 Å². The molecule has 0 saturated heterocycles. The summed E-state index contributed by atoms with van der Waals surface area (Å²) in [6.07, 6.45) is 0.911. The van der Waals surface area contributed by atoms with Crippen LogP contribution in [0.3, 0.4) is 0 Å². The highest BCUT2D eigenvalue weighted by molar-refractivity contribution is 5.97. The van der Waals surface area contributed by atoms with E-state index in [-0.39, 0.29) is 5.84 Å². The molecular formula is C14H23N3O3. The van der Waals surface area contributed by atoms with Crippen molar-refractivity contribution in [2.24, 2.45) is 10.9 Å². The lowest BCUT2D eigenvalue weighted by molar-refractivity contribution is 0.107. The van der Waals surface area contributed by atoms with Crippen molar-refractivity contribution in [3.63, 3.8) is 0 Å². The molecule has 0 heterocycles. The maximum absolute atomic E-state index is 8.60. The first-order chi connectivity index (χ1) is 9.69. The lowest BCUT2D eigenvalue weighted by atomic mass is 10.2. The Balaban J connectivity index is 2.34. The minimum Gasteiger partial charge on any atom is -0.409 e. The van der Waals surface area contributed by atoms with E-state index in [2.05, 4.69) is 10.1 Å². The minimum absolute atomic E-state index is 0.112. The molecule has 0 spiro atoms. The second-order valence-corrected chi connectivity index (χ2v) is 4.41. The molecule has 1 aromatic rings. The number of anilines is 1. The molecule has 6 nitrogen and oxygen atoms in total. The summed E-state index contributed by atoms with van der Waals surface area (Å²) in [5, 5.41) is 11.6. The third kappa shape index (κ3) is 5.46. The molecule has 0 bridgehead atoms. The zero-order valence-corrected chi connectivity index (χ0v) is 12.1. The summed E-state index contributed by atoms with van der Waals surface area (Å²) in [6, 6.07) is 7.50. The average molecular weight is 281 g/mol. The molecule has 0 aliphatic heterocycles. The normalized spacial score (nSPS) is 11.6. The van der Waals surface area contributed by atoms with Crippen molar-refractivity contribution in [3.05, 3.63) is 29.8 Å². The Morgan fingerprint density at radius 2 is 1.95 bits per heavy atom. The standard InChI is InChI=1S/C14H23N3O3/c1-17(8-11-20-10-3-9-19-2)13-6-4-12(5-7-13)14(15)16-18/h4-7,18H,3,8-11H2,1-2H3,(H2,15,16). The molecule has 1 rings (SSSR count). The van der Waals surface area contributed by atoms with E-state index in [9.17, 15) is 0 Å². The SMILES string of the molecule is COCCCOCCN(C)c1ccc(/C(N)=N/O)cc1. The number of likely N-dealkylation sites (N-methyl/N-ethyl adjacent to an activating group) is 1. The van der Waals surface area contributed by atoms with Gasteiger partial charge in [-0.15, -0.1) is 0 Å². The van der Waals surface area contributed by atoms with Crippen LogP contribution in [0.15, 0.2) is 29.4 Å². The van der Waals surface area contributed by atoms with E-state index in [4.69, 9.17) is 20.4 Å². The number of ether oxygens (including phenoxy) is 2. The highest BCUT2D eigenvalue weighted by Crippen LogP contribution is 2.13. The zero-order valence-electron chi connectivity index (χ0n) is 12.1. The lowest BCUT2D eigenvalue weighted by Crippen LogP contribution is -2.23. The first-order valence-corrected chi connectivity index (χ1v) is 6.54. The second-order valence-electron chi connectivity index (χ2n) is 4.41. The maximum atomic E-state index is 8.60. The van der Waals surface area contributed by atoms with Crippen LogP contribution in [0.2, 0.25) is 0 Å². The number of benzene rings is 1. The average Bonchev–Trinajstić information content (AvgIpc) is 2.50. The fourth-order valence-corrected chi connectivity index (χ4v) is 1.68. The number of methoxy groups -OCH3 is 1. The van der Waals surface area contributed by atoms with E-state index < -0.39 is 0 Å². The van der Waals surface area contributed by atoms with Crippen molar-refractivity contribution >= 4 is 11.5 Å². The molecule has 20 heavy (non-hydrogen) atoms. The first kappa shape index (κ1) is 16.3. The topological polar surface area (TPSA) is 80.3 Å². The van der Waals surface area contributed by atoms with Crippen molar-refractivity contribution in [1.82, 2.24) is 0 Å². The summed E-state index contributed by atoms with van der Waals surface area (Å²) < 4.78 is 10.5. The summed E-state index contributed by atoms with van der Waals surface area (Å²) in [5.41, 5.74) is 7.27. The van der Waals surface area contributed by atoms with Gasteiger partial charge >= 0.3 is 0 Å². The highest BCUT2D eigenvalue weighted by atomic mass is 16.5. The minimum atomic E-state index is 0.112. The van der Waals surface area contributed by atoms with Crippen molar-refractivity contribution in [2.75, 3.05) is 45.4 Å². The molecule has 1 aromatic carbocycles. The molecule has 112 valence electrons. The predicted molar refractivity (Wildman–Crippen MR) is 79.5 cm³/mol. The number of nitrogens with two attached hydrogens (primary N) is 1. The fourth-order valence-electron chi connectivity index (χ4n) is 1.68. The van der Waals surface area contributed by atoms with E-state index in [0.717, 1.165) is 25.3 Å². The number of nitrogens with zero attached hydrogens (tertiary/aromatic N) is 2. The van der Waals surface area contributed by atoms with Gasteiger partial charge in [0.2, 0.25) is 0 Å². The molecule has 0 aliphatic carbocycles. The van der Waals surface area contributed by atoms with Gasteiger partial charge in [-0.3, -0.25) is 0 Å². The Hall–Kier alpha value is -1.79. The molecular weight excluding hydrogens is 258 g/mol. The highest BCUT2D eigenvalue weighted by Gasteiger charge is 2.03. The number of amidine groups is 1. The van der Waals surface area contributed by atoms with E-state index in [0.29, 0.717) is 18.8 Å². The van der Waals surface area contributed by atoms with Crippen molar-refractivity contribution in [2.45, 2.75) is 6.42 Å². The zero-order chi connectivity index (χ0) is 14.8. The van der Waals surface area contributed by atoms with Gasteiger partial charge in [0.05, 0.1) is 6.61 Å². The second kappa shape index (κ2) is 9.17. The van der Waals surface area contributed by atoms with Gasteiger partial charge in [-0.1, -0.05) is 5.16 Å². The van der Waals surface area contributed by atoms with E-state index >= 15 is 0 Å². The van der Waals surface area contributed by atoms with Gasteiger partial charge < -0.3 is 25.3 Å². The Bertz CT molecular complexity index is 407. The molecule has 6 heteroatoms. The van der Waals surface area contributed by atoms with Gasteiger partial charge in [-0.05, 0) is 30.7 Å². The van der Waals surface area contributed by atoms with Crippen LogP contribution in [0.5, 0.6) is 0 Å².